The number of carbonyl (C=O) groups is 2. The summed E-state index contributed by atoms with van der Waals surface area (Å²) in [5.74, 6) is -1.06. The van der Waals surface area contributed by atoms with Gasteiger partial charge < -0.3 is 15.0 Å². The average molecular weight is 319 g/mol. The number of nitrogens with one attached hydrogen (secondary N) is 1. The Labute approximate surface area is 131 Å². The van der Waals surface area contributed by atoms with Crippen molar-refractivity contribution in [3.63, 3.8) is 0 Å². The first-order valence-corrected chi connectivity index (χ1v) is 7.08. The van der Waals surface area contributed by atoms with Gasteiger partial charge in [0, 0.05) is 49.2 Å². The lowest BCUT2D eigenvalue weighted by molar-refractivity contribution is -0.384. The van der Waals surface area contributed by atoms with Crippen molar-refractivity contribution in [2.75, 3.05) is 13.6 Å². The lowest BCUT2D eigenvalue weighted by atomic mass is 10.1. The SMILES string of the molecule is CN(CCCC(=O)O)C(=O)Cc1c[nH]c2ccc([N+](=O)[O-])cc12. The highest BCUT2D eigenvalue weighted by atomic mass is 16.6. The molecule has 122 valence electrons. The number of aliphatic carboxylic acids is 1. The van der Waals surface area contributed by atoms with Gasteiger partial charge in [-0.2, -0.15) is 0 Å². The Morgan fingerprint density at radius 3 is 2.78 bits per heavy atom. The zero-order chi connectivity index (χ0) is 17.0. The number of hydrogen-bond donors (Lipinski definition) is 2. The Hall–Kier alpha value is -2.90. The van der Waals surface area contributed by atoms with E-state index in [2.05, 4.69) is 4.98 Å². The average Bonchev–Trinajstić information content (AvgIpc) is 2.89. The molecule has 0 spiro atoms. The largest absolute Gasteiger partial charge is 0.481 e. The second-order valence-electron chi connectivity index (χ2n) is 5.29. The van der Waals surface area contributed by atoms with Crippen molar-refractivity contribution in [3.05, 3.63) is 40.1 Å². The fourth-order valence-electron chi connectivity index (χ4n) is 2.32. The van der Waals surface area contributed by atoms with E-state index in [1.807, 2.05) is 0 Å². The zero-order valence-electron chi connectivity index (χ0n) is 12.6. The topological polar surface area (TPSA) is 117 Å². The molecule has 1 heterocycles. The number of carbonyl (C=O) groups excluding carboxylic acids is 1. The molecule has 8 nitrogen and oxygen atoms in total. The Bertz CT molecular complexity index is 753. The second-order valence-corrected chi connectivity index (χ2v) is 5.29. The quantitative estimate of drug-likeness (QED) is 0.597. The van der Waals surface area contributed by atoms with E-state index in [0.717, 1.165) is 5.52 Å². The molecule has 0 aliphatic heterocycles. The number of nitro benzene ring substituents is 1. The summed E-state index contributed by atoms with van der Waals surface area (Å²) in [7, 11) is 1.61. The summed E-state index contributed by atoms with van der Waals surface area (Å²) in [4.78, 5) is 37.5. The molecule has 8 heteroatoms. The van der Waals surface area contributed by atoms with Gasteiger partial charge in [0.25, 0.3) is 5.69 Å². The van der Waals surface area contributed by atoms with Gasteiger partial charge in [0.1, 0.15) is 0 Å². The number of likely N-dealkylation sites (N-methyl/N-ethyl adjacent to an activating group) is 1. The smallest absolute Gasteiger partial charge is 0.303 e. The fourth-order valence-corrected chi connectivity index (χ4v) is 2.32. The first-order chi connectivity index (χ1) is 10.9. The molecule has 0 saturated carbocycles. The summed E-state index contributed by atoms with van der Waals surface area (Å²) in [6.45, 7) is 0.355. The molecule has 2 aromatic rings. The number of benzene rings is 1. The third kappa shape index (κ3) is 4.06. The third-order valence-electron chi connectivity index (χ3n) is 3.61. The van der Waals surface area contributed by atoms with Gasteiger partial charge in [-0.25, -0.2) is 0 Å². The summed E-state index contributed by atoms with van der Waals surface area (Å²) in [5, 5.41) is 20.1. The highest BCUT2D eigenvalue weighted by Gasteiger charge is 2.15. The van der Waals surface area contributed by atoms with Crippen LogP contribution in [0.15, 0.2) is 24.4 Å². The first kappa shape index (κ1) is 16.5. The molecule has 0 aliphatic rings. The number of non-ortho nitro benzene ring substituents is 1. The van der Waals surface area contributed by atoms with Crippen molar-refractivity contribution in [1.29, 1.82) is 0 Å². The van der Waals surface area contributed by atoms with E-state index in [1.54, 1.807) is 19.3 Å². The molecule has 0 unspecified atom stereocenters. The van der Waals surface area contributed by atoms with Gasteiger partial charge in [0.15, 0.2) is 0 Å². The van der Waals surface area contributed by atoms with Crippen molar-refractivity contribution in [1.82, 2.24) is 9.88 Å². The summed E-state index contributed by atoms with van der Waals surface area (Å²) in [6, 6.07) is 4.46. The summed E-state index contributed by atoms with van der Waals surface area (Å²) in [5.41, 5.74) is 1.38. The van der Waals surface area contributed by atoms with Crippen LogP contribution in [0.1, 0.15) is 18.4 Å². The molecule has 1 aromatic carbocycles. The molecular formula is C15H17N3O5. The van der Waals surface area contributed by atoms with Crippen LogP contribution in [0, 0.1) is 10.1 Å². The Morgan fingerprint density at radius 1 is 1.39 bits per heavy atom. The van der Waals surface area contributed by atoms with Crippen molar-refractivity contribution in [2.45, 2.75) is 19.3 Å². The van der Waals surface area contributed by atoms with Gasteiger partial charge in [-0.1, -0.05) is 0 Å². The normalized spacial score (nSPS) is 10.7. The maximum atomic E-state index is 12.2. The molecule has 0 aliphatic carbocycles. The van der Waals surface area contributed by atoms with Crippen LogP contribution in [0.25, 0.3) is 10.9 Å². The van der Waals surface area contributed by atoms with Gasteiger partial charge in [0.2, 0.25) is 5.91 Å². The van der Waals surface area contributed by atoms with E-state index in [9.17, 15) is 19.7 Å². The van der Waals surface area contributed by atoms with E-state index in [4.69, 9.17) is 5.11 Å². The van der Waals surface area contributed by atoms with Crippen LogP contribution in [-0.4, -0.2) is 45.4 Å². The minimum atomic E-state index is -0.894. The van der Waals surface area contributed by atoms with Crippen LogP contribution < -0.4 is 0 Å². The Balaban J connectivity index is 2.08. The lowest BCUT2D eigenvalue weighted by Gasteiger charge is -2.16. The molecule has 2 N–H and O–H groups in total. The number of carboxylic acids is 1. The first-order valence-electron chi connectivity index (χ1n) is 7.08. The van der Waals surface area contributed by atoms with E-state index in [-0.39, 0.29) is 24.4 Å². The van der Waals surface area contributed by atoms with E-state index in [0.29, 0.717) is 23.9 Å². The van der Waals surface area contributed by atoms with Crippen molar-refractivity contribution >= 4 is 28.5 Å². The number of aromatic nitrogens is 1. The third-order valence-corrected chi connectivity index (χ3v) is 3.61. The number of nitrogens with zero attached hydrogens (tertiary/aromatic N) is 2. The monoisotopic (exact) mass is 319 g/mol. The molecule has 0 saturated heterocycles. The second kappa shape index (κ2) is 6.91. The number of rotatable bonds is 7. The molecule has 0 atom stereocenters. The minimum absolute atomic E-state index is 0.0108. The number of hydrogen-bond acceptors (Lipinski definition) is 4. The maximum Gasteiger partial charge on any atom is 0.303 e. The molecule has 2 rings (SSSR count). The Morgan fingerprint density at radius 2 is 2.13 bits per heavy atom. The van der Waals surface area contributed by atoms with Gasteiger partial charge >= 0.3 is 5.97 Å². The van der Waals surface area contributed by atoms with E-state index in [1.165, 1.54) is 17.0 Å². The fraction of sp³-hybridized carbons (Fsp3) is 0.333. The minimum Gasteiger partial charge on any atom is -0.481 e. The van der Waals surface area contributed by atoms with Crippen LogP contribution in [-0.2, 0) is 16.0 Å². The number of amides is 1. The van der Waals surface area contributed by atoms with Crippen LogP contribution in [0.2, 0.25) is 0 Å². The van der Waals surface area contributed by atoms with Gasteiger partial charge in [-0.05, 0) is 18.1 Å². The summed E-state index contributed by atoms with van der Waals surface area (Å²) < 4.78 is 0. The van der Waals surface area contributed by atoms with Gasteiger partial charge in [-0.3, -0.25) is 19.7 Å². The molecule has 0 radical (unpaired) electrons. The molecule has 1 aromatic heterocycles. The summed E-state index contributed by atoms with van der Waals surface area (Å²) in [6.07, 6.45) is 2.16. The number of nitro groups is 1. The van der Waals surface area contributed by atoms with Crippen LogP contribution >= 0.6 is 0 Å². The predicted molar refractivity (Wildman–Crippen MR) is 83.2 cm³/mol. The predicted octanol–water partition coefficient (Wildman–Crippen LogP) is 1.94. The van der Waals surface area contributed by atoms with Crippen molar-refractivity contribution in [3.8, 4) is 0 Å². The highest BCUT2D eigenvalue weighted by molar-refractivity contribution is 5.90. The Kier molecular flexibility index (Phi) is 4.95. The van der Waals surface area contributed by atoms with E-state index >= 15 is 0 Å². The number of fused-ring (bicyclic) bond motifs is 1. The number of H-pyrrole nitrogens is 1. The van der Waals surface area contributed by atoms with Gasteiger partial charge in [0.05, 0.1) is 11.3 Å². The molecule has 23 heavy (non-hydrogen) atoms. The van der Waals surface area contributed by atoms with Crippen molar-refractivity contribution < 1.29 is 19.6 Å². The van der Waals surface area contributed by atoms with Crippen LogP contribution in [0.3, 0.4) is 0 Å². The standard InChI is InChI=1S/C15H17N3O5/c1-17(6-2-3-15(20)21)14(19)7-10-9-16-13-5-4-11(18(22)23)8-12(10)13/h4-5,8-9,16H,2-3,6-7H2,1H3,(H,20,21). The molecular weight excluding hydrogens is 302 g/mol. The van der Waals surface area contributed by atoms with Gasteiger partial charge in [-0.15, -0.1) is 0 Å². The van der Waals surface area contributed by atoms with E-state index < -0.39 is 10.9 Å². The number of carboxylic acid groups (broad SMARTS) is 1. The molecule has 0 fully saturated rings. The van der Waals surface area contributed by atoms with Crippen LogP contribution in [0.4, 0.5) is 5.69 Å². The highest BCUT2D eigenvalue weighted by Crippen LogP contribution is 2.24. The maximum absolute atomic E-state index is 12.2. The van der Waals surface area contributed by atoms with Crippen LogP contribution in [0.5, 0.6) is 0 Å². The number of aromatic amines is 1. The lowest BCUT2D eigenvalue weighted by Crippen LogP contribution is -2.29. The molecule has 0 bridgehead atoms. The summed E-state index contributed by atoms with van der Waals surface area (Å²) >= 11 is 0. The van der Waals surface area contributed by atoms with Crippen molar-refractivity contribution in [2.24, 2.45) is 0 Å². The molecule has 1 amide bonds. The zero-order valence-corrected chi connectivity index (χ0v) is 12.6.